The molecule has 0 amide bonds. The van der Waals surface area contributed by atoms with Gasteiger partial charge in [-0.05, 0) is 30.7 Å². The van der Waals surface area contributed by atoms with Gasteiger partial charge >= 0.3 is 0 Å². The third-order valence-electron chi connectivity index (χ3n) is 5.97. The molecule has 0 aliphatic carbocycles. The van der Waals surface area contributed by atoms with E-state index in [9.17, 15) is 4.79 Å². The molecule has 1 saturated heterocycles. The quantitative estimate of drug-likeness (QED) is 0.391. The van der Waals surface area contributed by atoms with Crippen molar-refractivity contribution in [1.82, 2.24) is 29.5 Å². The van der Waals surface area contributed by atoms with Crippen LogP contribution in [0.2, 0.25) is 5.02 Å². The predicted molar refractivity (Wildman–Crippen MR) is 136 cm³/mol. The SMILES string of the molecule is Cc1ccccc1-n1c([C@@H]2CSCN2c2nc(N)nc3nc[nH]c23)nc2cccc(Cl)c2c1=O. The molecule has 1 aliphatic rings. The summed E-state index contributed by atoms with van der Waals surface area (Å²) in [7, 11) is 0. The first kappa shape index (κ1) is 20.9. The van der Waals surface area contributed by atoms with Gasteiger partial charge < -0.3 is 15.6 Å². The van der Waals surface area contributed by atoms with E-state index in [-0.39, 0.29) is 17.5 Å². The van der Waals surface area contributed by atoms with E-state index in [0.29, 0.717) is 50.4 Å². The lowest BCUT2D eigenvalue weighted by atomic mass is 10.1. The number of aromatic nitrogens is 6. The second kappa shape index (κ2) is 8.00. The number of imidazole rings is 1. The van der Waals surface area contributed by atoms with Gasteiger partial charge in [0, 0.05) is 5.75 Å². The molecule has 1 atom stereocenters. The Morgan fingerprint density at radius 1 is 1.15 bits per heavy atom. The number of para-hydroxylation sites is 1. The van der Waals surface area contributed by atoms with Gasteiger partial charge in [0.1, 0.15) is 11.3 Å². The maximum Gasteiger partial charge on any atom is 0.267 e. The highest BCUT2D eigenvalue weighted by molar-refractivity contribution is 7.99. The zero-order valence-electron chi connectivity index (χ0n) is 18.1. The maximum atomic E-state index is 13.9. The van der Waals surface area contributed by atoms with Gasteiger partial charge in [-0.25, -0.2) is 9.97 Å². The van der Waals surface area contributed by atoms with E-state index in [1.807, 2.05) is 37.3 Å². The van der Waals surface area contributed by atoms with Gasteiger partial charge in [-0.1, -0.05) is 35.9 Å². The van der Waals surface area contributed by atoms with Crippen LogP contribution in [-0.4, -0.2) is 41.1 Å². The van der Waals surface area contributed by atoms with Gasteiger partial charge in [0.25, 0.3) is 5.56 Å². The molecule has 11 heteroatoms. The first-order valence-corrected chi connectivity index (χ1v) is 12.1. The molecule has 5 aromatic rings. The first-order chi connectivity index (χ1) is 16.5. The summed E-state index contributed by atoms with van der Waals surface area (Å²) < 4.78 is 1.68. The number of nitrogen functional groups attached to an aromatic ring is 1. The number of nitrogens with one attached hydrogen (secondary N) is 1. The summed E-state index contributed by atoms with van der Waals surface area (Å²) in [6.45, 7) is 1.97. The van der Waals surface area contributed by atoms with Crippen molar-refractivity contribution in [2.45, 2.75) is 13.0 Å². The Morgan fingerprint density at radius 3 is 2.85 bits per heavy atom. The number of halogens is 1. The molecule has 0 bridgehead atoms. The van der Waals surface area contributed by atoms with Crippen molar-refractivity contribution in [1.29, 1.82) is 0 Å². The second-order valence-electron chi connectivity index (χ2n) is 8.02. The number of aromatic amines is 1. The number of H-pyrrole nitrogens is 1. The Balaban J connectivity index is 1.64. The molecule has 0 spiro atoms. The van der Waals surface area contributed by atoms with Crippen LogP contribution in [0.1, 0.15) is 17.4 Å². The Hall–Kier alpha value is -3.63. The number of nitrogens with two attached hydrogens (primary N) is 1. The van der Waals surface area contributed by atoms with Crippen molar-refractivity contribution in [3.05, 3.63) is 75.6 Å². The summed E-state index contributed by atoms with van der Waals surface area (Å²) >= 11 is 8.19. The average molecular weight is 491 g/mol. The predicted octanol–water partition coefficient (Wildman–Crippen LogP) is 3.85. The van der Waals surface area contributed by atoms with Gasteiger partial charge in [0.15, 0.2) is 11.5 Å². The summed E-state index contributed by atoms with van der Waals surface area (Å²) in [5.41, 5.74) is 9.26. The smallest absolute Gasteiger partial charge is 0.267 e. The van der Waals surface area contributed by atoms with Gasteiger partial charge in [-0.2, -0.15) is 9.97 Å². The molecule has 0 radical (unpaired) electrons. The number of aryl methyl sites for hydroxylation is 1. The summed E-state index contributed by atoms with van der Waals surface area (Å²) in [4.78, 5) is 37.1. The summed E-state index contributed by atoms with van der Waals surface area (Å²) in [5, 5.41) is 0.778. The number of hydrogen-bond acceptors (Lipinski definition) is 8. The van der Waals surface area contributed by atoms with E-state index < -0.39 is 0 Å². The van der Waals surface area contributed by atoms with Gasteiger partial charge in [0.2, 0.25) is 5.95 Å². The molecule has 6 rings (SSSR count). The van der Waals surface area contributed by atoms with Crippen LogP contribution in [0.15, 0.2) is 53.6 Å². The molecule has 9 nitrogen and oxygen atoms in total. The van der Waals surface area contributed by atoms with Crippen LogP contribution in [-0.2, 0) is 0 Å². The summed E-state index contributed by atoms with van der Waals surface area (Å²) in [6, 6.07) is 12.8. The minimum absolute atomic E-state index is 0.139. The average Bonchev–Trinajstić information content (AvgIpc) is 3.49. The number of hydrogen-bond donors (Lipinski definition) is 2. The Morgan fingerprint density at radius 2 is 2.00 bits per heavy atom. The monoisotopic (exact) mass is 490 g/mol. The molecule has 1 fully saturated rings. The van der Waals surface area contributed by atoms with E-state index in [1.54, 1.807) is 34.8 Å². The largest absolute Gasteiger partial charge is 0.368 e. The second-order valence-corrected chi connectivity index (χ2v) is 9.43. The Kier molecular flexibility index (Phi) is 4.93. The van der Waals surface area contributed by atoms with Gasteiger partial charge in [-0.3, -0.25) is 9.36 Å². The van der Waals surface area contributed by atoms with Crippen LogP contribution in [0, 0.1) is 6.92 Å². The third kappa shape index (κ3) is 3.21. The van der Waals surface area contributed by atoms with Crippen LogP contribution in [0.25, 0.3) is 27.8 Å². The third-order valence-corrected chi connectivity index (χ3v) is 7.29. The number of thioether (sulfide) groups is 1. The van der Waals surface area contributed by atoms with E-state index in [2.05, 4.69) is 24.8 Å². The molecule has 170 valence electrons. The van der Waals surface area contributed by atoms with Crippen molar-refractivity contribution in [3.63, 3.8) is 0 Å². The number of benzene rings is 2. The Labute approximate surface area is 203 Å². The lowest BCUT2D eigenvalue weighted by Gasteiger charge is -2.27. The van der Waals surface area contributed by atoms with E-state index in [1.165, 1.54) is 0 Å². The van der Waals surface area contributed by atoms with Crippen molar-refractivity contribution in [2.75, 3.05) is 22.3 Å². The topological polar surface area (TPSA) is 119 Å². The molecule has 0 saturated carbocycles. The fourth-order valence-electron chi connectivity index (χ4n) is 4.38. The lowest BCUT2D eigenvalue weighted by Crippen LogP contribution is -2.33. The van der Waals surface area contributed by atoms with Crippen LogP contribution >= 0.6 is 23.4 Å². The molecule has 0 unspecified atom stereocenters. The Bertz CT molecular complexity index is 1630. The van der Waals surface area contributed by atoms with Crippen molar-refractivity contribution in [3.8, 4) is 5.69 Å². The van der Waals surface area contributed by atoms with E-state index in [4.69, 9.17) is 22.3 Å². The fraction of sp³-hybridized carbons (Fsp3) is 0.174. The zero-order chi connectivity index (χ0) is 23.4. The standard InChI is InChI=1S/C23H19ClN8OS/c1-12-5-2-3-8-15(12)32-20(28-14-7-4-6-13(24)17(14)22(32)33)16-9-34-11-31(16)21-18-19(27-10-26-18)29-23(25)30-21/h2-8,10,16H,9,11H2,1H3,(H3,25,26,27,29,30)/t16-/m0/s1. The van der Waals surface area contributed by atoms with Gasteiger partial charge in [0.05, 0.1) is 39.9 Å². The maximum absolute atomic E-state index is 13.9. The molecule has 3 N–H and O–H groups in total. The van der Waals surface area contributed by atoms with Crippen LogP contribution in [0.4, 0.5) is 11.8 Å². The molecular formula is C23H19ClN8OS. The highest BCUT2D eigenvalue weighted by Gasteiger charge is 2.34. The molecule has 34 heavy (non-hydrogen) atoms. The summed E-state index contributed by atoms with van der Waals surface area (Å²) in [5.74, 6) is 2.74. The van der Waals surface area contributed by atoms with Crippen LogP contribution in [0.5, 0.6) is 0 Å². The van der Waals surface area contributed by atoms with Gasteiger partial charge in [-0.15, -0.1) is 11.8 Å². The number of anilines is 2. The van der Waals surface area contributed by atoms with E-state index >= 15 is 0 Å². The minimum atomic E-state index is -0.249. The minimum Gasteiger partial charge on any atom is -0.368 e. The first-order valence-electron chi connectivity index (χ1n) is 10.6. The van der Waals surface area contributed by atoms with E-state index in [0.717, 1.165) is 11.3 Å². The fourth-order valence-corrected chi connectivity index (χ4v) is 5.79. The lowest BCUT2D eigenvalue weighted by molar-refractivity contribution is 0.668. The molecule has 4 heterocycles. The number of nitrogens with zero attached hydrogens (tertiary/aromatic N) is 6. The van der Waals surface area contributed by atoms with Crippen molar-refractivity contribution >= 4 is 57.2 Å². The summed E-state index contributed by atoms with van der Waals surface area (Å²) in [6.07, 6.45) is 1.57. The normalized spacial score (nSPS) is 16.1. The highest BCUT2D eigenvalue weighted by atomic mass is 35.5. The highest BCUT2D eigenvalue weighted by Crippen LogP contribution is 2.39. The van der Waals surface area contributed by atoms with Crippen LogP contribution < -0.4 is 16.2 Å². The number of fused-ring (bicyclic) bond motifs is 2. The number of rotatable bonds is 3. The molecular weight excluding hydrogens is 472 g/mol. The molecule has 3 aromatic heterocycles. The van der Waals surface area contributed by atoms with Crippen molar-refractivity contribution in [2.24, 2.45) is 0 Å². The zero-order valence-corrected chi connectivity index (χ0v) is 19.6. The van der Waals surface area contributed by atoms with Crippen LogP contribution in [0.3, 0.4) is 0 Å². The molecule has 1 aliphatic heterocycles. The molecule has 2 aromatic carbocycles. The van der Waals surface area contributed by atoms with Crippen molar-refractivity contribution < 1.29 is 0 Å².